The van der Waals surface area contributed by atoms with Gasteiger partial charge in [-0.2, -0.15) is 13.5 Å². The number of piperidine rings is 3. The second kappa shape index (κ2) is 8.27. The molecule has 1 unspecified atom stereocenters. The molecular weight excluding hydrogens is 452 g/mol. The van der Waals surface area contributed by atoms with Crippen molar-refractivity contribution in [3.63, 3.8) is 0 Å². The predicted molar refractivity (Wildman–Crippen MR) is 129 cm³/mol. The number of nitrogens with zero attached hydrogens (tertiary/aromatic N) is 5. The summed E-state index contributed by atoms with van der Waals surface area (Å²) in [5.41, 5.74) is 6.14. The van der Waals surface area contributed by atoms with Crippen LogP contribution in [0.3, 0.4) is 0 Å². The van der Waals surface area contributed by atoms with Crippen molar-refractivity contribution in [1.82, 2.24) is 14.7 Å². The van der Waals surface area contributed by atoms with Crippen LogP contribution in [-0.2, 0) is 42.9 Å². The molecule has 3 aliphatic heterocycles. The van der Waals surface area contributed by atoms with Gasteiger partial charge in [0.15, 0.2) is 0 Å². The van der Waals surface area contributed by atoms with E-state index in [4.69, 9.17) is 0 Å². The molecule has 2 bridgehead atoms. The third kappa shape index (κ3) is 3.76. The number of rotatable bonds is 5. The Balaban J connectivity index is 1.35. The van der Waals surface area contributed by atoms with Crippen LogP contribution in [0.2, 0.25) is 0 Å². The maximum atomic E-state index is 13.6. The largest absolute Gasteiger partial charge is 0.845 e. The lowest BCUT2D eigenvalue weighted by Crippen LogP contribution is -2.58. The summed E-state index contributed by atoms with van der Waals surface area (Å²) in [7, 11) is -2.51. The van der Waals surface area contributed by atoms with Crippen LogP contribution in [0.15, 0.2) is 22.9 Å². The molecule has 0 radical (unpaired) electrons. The van der Waals surface area contributed by atoms with Gasteiger partial charge >= 0.3 is 10.2 Å². The van der Waals surface area contributed by atoms with Gasteiger partial charge < -0.3 is 15.3 Å². The molecule has 2 aromatic rings. The minimum Gasteiger partial charge on any atom is -0.845 e. The number of anilines is 2. The van der Waals surface area contributed by atoms with Gasteiger partial charge in [0.05, 0.1) is 23.9 Å². The number of aryl methyl sites for hydroxylation is 3. The Kier molecular flexibility index (Phi) is 5.33. The zero-order chi connectivity index (χ0) is 23.4. The summed E-state index contributed by atoms with van der Waals surface area (Å²) in [5.74, 6) is 0.249. The van der Waals surface area contributed by atoms with Crippen LogP contribution >= 0.6 is 0 Å². The highest BCUT2D eigenvalue weighted by atomic mass is 32.2. The molecule has 3 fully saturated rings. The first-order valence-electron chi connectivity index (χ1n) is 12.3. The molecule has 9 nitrogen and oxygen atoms in total. The van der Waals surface area contributed by atoms with E-state index in [0.29, 0.717) is 12.2 Å². The van der Waals surface area contributed by atoms with Crippen molar-refractivity contribution in [2.75, 3.05) is 29.3 Å². The highest BCUT2D eigenvalue weighted by Gasteiger charge is 2.42. The summed E-state index contributed by atoms with van der Waals surface area (Å²) in [6, 6.07) is 1.22. The summed E-state index contributed by atoms with van der Waals surface area (Å²) in [5, 5.41) is 20.2. The summed E-state index contributed by atoms with van der Waals surface area (Å²) in [6.45, 7) is 2.63. The molecule has 3 saturated heterocycles. The van der Waals surface area contributed by atoms with Gasteiger partial charge in [-0.1, -0.05) is 6.07 Å². The standard InChI is InChI=1S/C24H32N6O3S/c1-28-14-19(13-25-28)30(22-15-29-10-8-16(22)9-11-29)34(32,33)27-24(31)26-23-20-6-2-4-17(20)12-18-5-3-7-21(18)23/h12-14,16,22H,2-11,15H2,1H3,(H2,26,27,31)/p-1. The van der Waals surface area contributed by atoms with E-state index >= 15 is 0 Å². The van der Waals surface area contributed by atoms with E-state index in [1.807, 2.05) is 0 Å². The van der Waals surface area contributed by atoms with Crippen molar-refractivity contribution >= 4 is 27.6 Å². The van der Waals surface area contributed by atoms with Crippen LogP contribution in [0, 0.1) is 5.92 Å². The second-order valence-corrected chi connectivity index (χ2v) is 11.6. The molecular formula is C24H31N6O3S-. The van der Waals surface area contributed by atoms with Crippen molar-refractivity contribution in [3.05, 3.63) is 40.7 Å². The van der Waals surface area contributed by atoms with E-state index in [1.165, 1.54) is 15.4 Å². The normalized spacial score (nSPS) is 25.9. The van der Waals surface area contributed by atoms with Crippen molar-refractivity contribution in [2.24, 2.45) is 17.4 Å². The van der Waals surface area contributed by atoms with Crippen molar-refractivity contribution in [2.45, 2.75) is 57.4 Å². The highest BCUT2D eigenvalue weighted by molar-refractivity contribution is 7.91. The maximum absolute atomic E-state index is 13.6. The third-order valence-corrected chi connectivity index (χ3v) is 9.40. The Morgan fingerprint density at radius 2 is 1.82 bits per heavy atom. The average Bonchev–Trinajstić information content (AvgIpc) is 3.55. The van der Waals surface area contributed by atoms with E-state index in [1.54, 1.807) is 24.1 Å². The Bertz CT molecular complexity index is 1210. The van der Waals surface area contributed by atoms with E-state index in [0.717, 1.165) is 81.3 Å². The van der Waals surface area contributed by atoms with Crippen molar-refractivity contribution in [3.8, 4) is 0 Å². The molecule has 1 aromatic carbocycles. The van der Waals surface area contributed by atoms with Gasteiger partial charge in [0.25, 0.3) is 0 Å². The van der Waals surface area contributed by atoms with Gasteiger partial charge in [0, 0.05) is 25.5 Å². The Morgan fingerprint density at radius 1 is 1.15 bits per heavy atom. The lowest BCUT2D eigenvalue weighted by atomic mass is 9.84. The van der Waals surface area contributed by atoms with Gasteiger partial charge in [0.2, 0.25) is 0 Å². The van der Waals surface area contributed by atoms with E-state index in [2.05, 4.69) is 25.8 Å². The lowest BCUT2D eigenvalue weighted by Gasteiger charge is -2.48. The van der Waals surface area contributed by atoms with Crippen molar-refractivity contribution < 1.29 is 13.5 Å². The minimum absolute atomic E-state index is 0.249. The van der Waals surface area contributed by atoms with Crippen LogP contribution in [0.4, 0.5) is 11.4 Å². The van der Waals surface area contributed by atoms with Crippen LogP contribution < -0.4 is 14.7 Å². The number of fused-ring (bicyclic) bond motifs is 5. The Morgan fingerprint density at radius 3 is 2.38 bits per heavy atom. The molecule has 182 valence electrons. The SMILES string of the molecule is Cn1cc(N(C2CN3CCC2CC3)S(=O)(=O)/N=C(\[O-])Nc2c3c(cc4c2CCC4)CCC3)cn1. The molecule has 7 rings (SSSR count). The number of nitrogens with one attached hydrogen (secondary N) is 1. The van der Waals surface area contributed by atoms with Gasteiger partial charge in [-0.3, -0.25) is 4.68 Å². The van der Waals surface area contributed by atoms with Gasteiger partial charge in [-0.15, -0.1) is 4.40 Å². The zero-order valence-corrected chi connectivity index (χ0v) is 20.4. The first-order valence-corrected chi connectivity index (χ1v) is 13.7. The lowest BCUT2D eigenvalue weighted by molar-refractivity contribution is -0.213. The number of hydrogen-bond acceptors (Lipinski definition) is 5. The molecule has 4 heterocycles. The third-order valence-electron chi connectivity index (χ3n) is 8.02. The number of aromatic nitrogens is 2. The zero-order valence-electron chi connectivity index (χ0n) is 19.5. The average molecular weight is 484 g/mol. The predicted octanol–water partition coefficient (Wildman–Crippen LogP) is 1.37. The number of hydrogen-bond donors (Lipinski definition) is 1. The number of amidine groups is 1. The molecule has 0 amide bonds. The van der Waals surface area contributed by atoms with Crippen LogP contribution in [0.1, 0.15) is 47.9 Å². The fraction of sp³-hybridized carbons (Fsp3) is 0.583. The molecule has 10 heteroatoms. The molecule has 5 aliphatic rings. The smallest absolute Gasteiger partial charge is 0.345 e. The summed E-state index contributed by atoms with van der Waals surface area (Å²) in [6.07, 6.45) is 11.1. The molecule has 1 aromatic heterocycles. The first kappa shape index (κ1) is 21.9. The van der Waals surface area contributed by atoms with Crippen LogP contribution in [0.5, 0.6) is 0 Å². The fourth-order valence-corrected chi connectivity index (χ4v) is 7.75. The Hall–Kier alpha value is -2.59. The highest BCUT2D eigenvalue weighted by Crippen LogP contribution is 2.39. The molecule has 1 atom stereocenters. The van der Waals surface area contributed by atoms with Crippen LogP contribution in [0.25, 0.3) is 0 Å². The summed E-state index contributed by atoms with van der Waals surface area (Å²) >= 11 is 0. The van der Waals surface area contributed by atoms with Gasteiger partial charge in [-0.05, 0) is 92.6 Å². The Labute approximate surface area is 200 Å². The van der Waals surface area contributed by atoms with Crippen LogP contribution in [-0.4, -0.2) is 54.8 Å². The van der Waals surface area contributed by atoms with Gasteiger partial charge in [0.1, 0.15) is 0 Å². The first-order chi connectivity index (χ1) is 16.4. The molecule has 0 spiro atoms. The van der Waals surface area contributed by atoms with Crippen molar-refractivity contribution in [1.29, 1.82) is 0 Å². The fourth-order valence-electron chi connectivity index (χ4n) is 6.46. The maximum Gasteiger partial charge on any atom is 0.345 e. The van der Waals surface area contributed by atoms with Gasteiger partial charge in [-0.25, -0.2) is 4.31 Å². The molecule has 0 saturated carbocycles. The molecule has 1 N–H and O–H groups in total. The van der Waals surface area contributed by atoms with E-state index in [-0.39, 0.29) is 12.0 Å². The second-order valence-electron chi connectivity index (χ2n) is 10.1. The number of benzene rings is 1. The van der Waals surface area contributed by atoms with E-state index < -0.39 is 16.2 Å². The minimum atomic E-state index is -4.27. The summed E-state index contributed by atoms with van der Waals surface area (Å²) in [4.78, 5) is 2.29. The molecule has 2 aliphatic carbocycles. The summed E-state index contributed by atoms with van der Waals surface area (Å²) < 4.78 is 34.0. The van der Waals surface area contributed by atoms with E-state index in [9.17, 15) is 13.5 Å². The topological polar surface area (TPSA) is 106 Å². The quantitative estimate of drug-likeness (QED) is 0.509. The molecule has 34 heavy (non-hydrogen) atoms. The monoisotopic (exact) mass is 483 g/mol.